The van der Waals surface area contributed by atoms with Crippen molar-refractivity contribution in [1.29, 1.82) is 0 Å². The zero-order valence-corrected chi connectivity index (χ0v) is 14.5. The smallest absolute Gasteiger partial charge is 0.308 e. The third-order valence-corrected chi connectivity index (χ3v) is 4.54. The van der Waals surface area contributed by atoms with E-state index in [0.717, 1.165) is 4.47 Å². The van der Waals surface area contributed by atoms with Crippen LogP contribution in [0.1, 0.15) is 23.2 Å². The lowest BCUT2D eigenvalue weighted by Gasteiger charge is -2.27. The number of amides is 1. The van der Waals surface area contributed by atoms with E-state index >= 15 is 0 Å². The molecule has 0 saturated carbocycles. The quantitative estimate of drug-likeness (QED) is 0.784. The summed E-state index contributed by atoms with van der Waals surface area (Å²) in [6.07, 6.45) is 1.41. The number of nitrogens with one attached hydrogen (secondary N) is 1. The summed E-state index contributed by atoms with van der Waals surface area (Å²) in [5.41, 5.74) is 0.381. The van der Waals surface area contributed by atoms with Crippen molar-refractivity contribution in [3.05, 3.63) is 28.2 Å². The predicted octanol–water partition coefficient (Wildman–Crippen LogP) is 2.31. The van der Waals surface area contributed by atoms with E-state index < -0.39 is 11.9 Å². The summed E-state index contributed by atoms with van der Waals surface area (Å²) in [4.78, 5) is 23.8. The van der Waals surface area contributed by atoms with E-state index in [1.807, 2.05) is 0 Å². The van der Waals surface area contributed by atoms with Crippen LogP contribution < -0.4 is 10.1 Å². The fraction of sp³-hybridized carbons (Fsp3) is 0.500. The molecule has 7 heteroatoms. The molecule has 1 unspecified atom stereocenters. The number of benzene rings is 1. The molecule has 1 aliphatic rings. The van der Waals surface area contributed by atoms with Gasteiger partial charge in [0.2, 0.25) is 0 Å². The molecule has 1 fully saturated rings. The Morgan fingerprint density at radius 3 is 2.74 bits per heavy atom. The van der Waals surface area contributed by atoms with Gasteiger partial charge in [-0.2, -0.15) is 0 Å². The largest absolute Gasteiger partial charge is 0.496 e. The van der Waals surface area contributed by atoms with Crippen LogP contribution >= 0.6 is 15.9 Å². The van der Waals surface area contributed by atoms with Crippen LogP contribution in [0.25, 0.3) is 0 Å². The molecule has 1 amide bonds. The summed E-state index contributed by atoms with van der Waals surface area (Å²) in [5.74, 6) is -1.37. The molecule has 1 aromatic rings. The molecule has 1 atom stereocenters. The Labute approximate surface area is 143 Å². The monoisotopic (exact) mass is 385 g/mol. The lowest BCUT2D eigenvalue weighted by atomic mass is 9.86. The van der Waals surface area contributed by atoms with Gasteiger partial charge in [0.05, 0.1) is 18.6 Å². The number of rotatable bonds is 6. The summed E-state index contributed by atoms with van der Waals surface area (Å²) in [7, 11) is 1.49. The average molecular weight is 386 g/mol. The Balaban J connectivity index is 2.02. The molecule has 0 aliphatic carbocycles. The minimum Gasteiger partial charge on any atom is -0.496 e. The molecule has 2 rings (SSSR count). The number of ether oxygens (including phenoxy) is 2. The molecule has 6 nitrogen and oxygen atoms in total. The molecule has 1 aromatic carbocycles. The second-order valence-corrected chi connectivity index (χ2v) is 6.36. The molecule has 1 heterocycles. The first-order valence-corrected chi connectivity index (χ1v) is 8.24. The fourth-order valence-corrected chi connectivity index (χ4v) is 3.06. The van der Waals surface area contributed by atoms with Crippen molar-refractivity contribution in [2.24, 2.45) is 11.8 Å². The molecule has 2 N–H and O–H groups in total. The van der Waals surface area contributed by atoms with E-state index in [1.54, 1.807) is 18.2 Å². The van der Waals surface area contributed by atoms with Crippen LogP contribution in [-0.2, 0) is 9.53 Å². The lowest BCUT2D eigenvalue weighted by Crippen LogP contribution is -2.39. The van der Waals surface area contributed by atoms with Gasteiger partial charge in [-0.3, -0.25) is 9.59 Å². The van der Waals surface area contributed by atoms with Crippen LogP contribution in [0.5, 0.6) is 5.75 Å². The lowest BCUT2D eigenvalue weighted by molar-refractivity contribution is -0.144. The summed E-state index contributed by atoms with van der Waals surface area (Å²) < 4.78 is 11.3. The van der Waals surface area contributed by atoms with E-state index in [-0.39, 0.29) is 18.4 Å². The van der Waals surface area contributed by atoms with Crippen LogP contribution in [0.15, 0.2) is 22.7 Å². The van der Waals surface area contributed by atoms with Crippen LogP contribution in [0, 0.1) is 11.8 Å². The van der Waals surface area contributed by atoms with Crippen LogP contribution in [0.3, 0.4) is 0 Å². The van der Waals surface area contributed by atoms with Gasteiger partial charge in [-0.05, 0) is 37.0 Å². The number of carbonyl (C=O) groups is 2. The second-order valence-electron chi connectivity index (χ2n) is 5.45. The minimum atomic E-state index is -0.889. The summed E-state index contributed by atoms with van der Waals surface area (Å²) in [5, 5.41) is 12.1. The summed E-state index contributed by atoms with van der Waals surface area (Å²) in [6.45, 7) is 1.24. The van der Waals surface area contributed by atoms with Gasteiger partial charge in [0, 0.05) is 24.2 Å². The number of carboxylic acid groups (broad SMARTS) is 1. The third-order valence-electron chi connectivity index (χ3n) is 4.04. The highest BCUT2D eigenvalue weighted by Gasteiger charge is 2.30. The maximum atomic E-state index is 12.3. The van der Waals surface area contributed by atoms with Gasteiger partial charge >= 0.3 is 5.97 Å². The Hall–Kier alpha value is -1.60. The Bertz CT molecular complexity index is 572. The zero-order valence-electron chi connectivity index (χ0n) is 12.9. The highest BCUT2D eigenvalue weighted by molar-refractivity contribution is 9.10. The molecule has 0 bridgehead atoms. The molecule has 126 valence electrons. The van der Waals surface area contributed by atoms with Crippen molar-refractivity contribution in [2.75, 3.05) is 26.9 Å². The summed E-state index contributed by atoms with van der Waals surface area (Å²) >= 11 is 3.32. The fourth-order valence-electron chi connectivity index (χ4n) is 2.72. The molecular weight excluding hydrogens is 366 g/mol. The third kappa shape index (κ3) is 4.68. The van der Waals surface area contributed by atoms with Crippen molar-refractivity contribution >= 4 is 27.8 Å². The number of halogens is 1. The minimum absolute atomic E-state index is 0.0216. The van der Waals surface area contributed by atoms with Gasteiger partial charge in [0.15, 0.2) is 0 Å². The highest BCUT2D eigenvalue weighted by Crippen LogP contribution is 2.25. The van der Waals surface area contributed by atoms with Crippen molar-refractivity contribution < 1.29 is 24.2 Å². The topological polar surface area (TPSA) is 84.9 Å². The van der Waals surface area contributed by atoms with Crippen LogP contribution in [0.2, 0.25) is 0 Å². The molecular formula is C16H20BrNO5. The molecule has 1 saturated heterocycles. The van der Waals surface area contributed by atoms with Crippen LogP contribution in [0.4, 0.5) is 0 Å². The van der Waals surface area contributed by atoms with E-state index in [9.17, 15) is 14.7 Å². The number of hydrogen-bond donors (Lipinski definition) is 2. The van der Waals surface area contributed by atoms with Crippen LogP contribution in [-0.4, -0.2) is 43.9 Å². The summed E-state index contributed by atoms with van der Waals surface area (Å²) in [6, 6.07) is 5.08. The number of carboxylic acids is 1. The first kappa shape index (κ1) is 17.7. The number of methoxy groups -OCH3 is 1. The molecule has 1 aliphatic heterocycles. The van der Waals surface area contributed by atoms with Crippen molar-refractivity contribution in [2.45, 2.75) is 12.8 Å². The van der Waals surface area contributed by atoms with Crippen molar-refractivity contribution in [3.63, 3.8) is 0 Å². The van der Waals surface area contributed by atoms with Crippen molar-refractivity contribution in [3.8, 4) is 5.75 Å². The predicted molar refractivity (Wildman–Crippen MR) is 87.7 cm³/mol. The number of hydrogen-bond acceptors (Lipinski definition) is 4. The molecule has 0 spiro atoms. The van der Waals surface area contributed by atoms with E-state index in [1.165, 1.54) is 7.11 Å². The van der Waals surface area contributed by atoms with Gasteiger partial charge in [-0.15, -0.1) is 0 Å². The van der Waals surface area contributed by atoms with Gasteiger partial charge in [0.25, 0.3) is 5.91 Å². The standard InChI is InChI=1S/C16H20BrNO5/c1-22-14-8-11(17)2-3-12(14)15(19)18-9-13(16(20)21)10-4-6-23-7-5-10/h2-3,8,10,13H,4-7,9H2,1H3,(H,18,19)(H,20,21). The van der Waals surface area contributed by atoms with E-state index in [2.05, 4.69) is 21.2 Å². The average Bonchev–Trinajstić information content (AvgIpc) is 2.55. The van der Waals surface area contributed by atoms with Crippen molar-refractivity contribution in [1.82, 2.24) is 5.32 Å². The van der Waals surface area contributed by atoms with Gasteiger partial charge in [-0.25, -0.2) is 0 Å². The number of aliphatic carboxylic acids is 1. The zero-order chi connectivity index (χ0) is 16.8. The normalized spacial score (nSPS) is 16.6. The molecule has 0 radical (unpaired) electrons. The second kappa shape index (κ2) is 8.31. The first-order chi connectivity index (χ1) is 11.0. The Morgan fingerprint density at radius 2 is 2.13 bits per heavy atom. The Morgan fingerprint density at radius 1 is 1.43 bits per heavy atom. The Kier molecular flexibility index (Phi) is 6.41. The van der Waals surface area contributed by atoms with Gasteiger partial charge < -0.3 is 19.9 Å². The van der Waals surface area contributed by atoms with Gasteiger partial charge in [-0.1, -0.05) is 15.9 Å². The number of carbonyl (C=O) groups excluding carboxylic acids is 1. The highest BCUT2D eigenvalue weighted by atomic mass is 79.9. The van der Waals surface area contributed by atoms with Gasteiger partial charge in [0.1, 0.15) is 5.75 Å². The van der Waals surface area contributed by atoms with E-state index in [4.69, 9.17) is 9.47 Å². The maximum Gasteiger partial charge on any atom is 0.308 e. The molecule has 23 heavy (non-hydrogen) atoms. The molecule has 0 aromatic heterocycles. The maximum absolute atomic E-state index is 12.3. The first-order valence-electron chi connectivity index (χ1n) is 7.45. The SMILES string of the molecule is COc1cc(Br)ccc1C(=O)NCC(C(=O)O)C1CCOCC1. The van der Waals surface area contributed by atoms with E-state index in [0.29, 0.717) is 37.4 Å².